The van der Waals surface area contributed by atoms with Crippen molar-refractivity contribution in [3.63, 3.8) is 0 Å². The van der Waals surface area contributed by atoms with Crippen molar-refractivity contribution < 1.29 is 8.42 Å². The van der Waals surface area contributed by atoms with Crippen LogP contribution in [-0.2, 0) is 29.0 Å². The van der Waals surface area contributed by atoms with E-state index in [0.717, 1.165) is 5.82 Å². The van der Waals surface area contributed by atoms with Crippen molar-refractivity contribution in [3.05, 3.63) is 29.6 Å². The van der Waals surface area contributed by atoms with Gasteiger partial charge in [0.2, 0.25) is 10.0 Å². The number of aromatic amines is 1. The number of aromatic nitrogens is 4. The summed E-state index contributed by atoms with van der Waals surface area (Å²) in [6.45, 7) is 2.96. The average Bonchev–Trinajstić information content (AvgIpc) is 3.03. The molecule has 0 aliphatic carbocycles. The maximum absolute atomic E-state index is 12.8. The number of rotatable bonds is 3. The number of sulfonamides is 1. The van der Waals surface area contributed by atoms with E-state index in [4.69, 9.17) is 11.6 Å². The molecule has 0 fully saturated rings. The molecule has 2 aromatic rings. The van der Waals surface area contributed by atoms with Crippen LogP contribution in [0.2, 0.25) is 0 Å². The highest BCUT2D eigenvalue weighted by molar-refractivity contribution is 7.89. The van der Waals surface area contributed by atoms with E-state index >= 15 is 0 Å². The van der Waals surface area contributed by atoms with Gasteiger partial charge >= 0.3 is 0 Å². The molecular weight excluding hydrogens is 302 g/mol. The normalized spacial score (nSPS) is 16.3. The number of imidazole rings is 1. The molecule has 2 aromatic heterocycles. The van der Waals surface area contributed by atoms with E-state index in [0.29, 0.717) is 24.5 Å². The van der Waals surface area contributed by atoms with Crippen molar-refractivity contribution in [2.75, 3.05) is 6.54 Å². The summed E-state index contributed by atoms with van der Waals surface area (Å²) in [6.07, 6.45) is 3.53. The number of hydrogen-bond donors (Lipinski definition) is 1. The smallest absolute Gasteiger partial charge is 0.247 e. The molecule has 3 heterocycles. The van der Waals surface area contributed by atoms with Crippen LogP contribution in [0.15, 0.2) is 17.3 Å². The molecule has 1 N–H and O–H groups in total. The van der Waals surface area contributed by atoms with Crippen LogP contribution < -0.4 is 0 Å². The molecule has 7 nitrogen and oxygen atoms in total. The Bertz CT molecular complexity index is 736. The predicted molar refractivity (Wildman–Crippen MR) is 72.7 cm³/mol. The first-order valence-electron chi connectivity index (χ1n) is 6.14. The second-order valence-corrected chi connectivity index (χ2v) is 6.78. The first-order chi connectivity index (χ1) is 9.54. The van der Waals surface area contributed by atoms with E-state index in [1.165, 1.54) is 4.31 Å². The molecule has 0 bridgehead atoms. The van der Waals surface area contributed by atoms with Crippen LogP contribution in [0, 0.1) is 6.92 Å². The molecule has 0 radical (unpaired) electrons. The average molecular weight is 316 g/mol. The van der Waals surface area contributed by atoms with Gasteiger partial charge in [0.05, 0.1) is 23.8 Å². The summed E-state index contributed by atoms with van der Waals surface area (Å²) in [5.41, 5.74) is 0.868. The number of halogens is 1. The topological polar surface area (TPSA) is 83.9 Å². The minimum Gasteiger partial charge on any atom is -0.333 e. The van der Waals surface area contributed by atoms with Crippen LogP contribution in [0.1, 0.15) is 17.2 Å². The molecule has 0 saturated heterocycles. The van der Waals surface area contributed by atoms with Gasteiger partial charge < -0.3 is 4.57 Å². The lowest BCUT2D eigenvalue weighted by Gasteiger charge is -2.27. The van der Waals surface area contributed by atoms with E-state index < -0.39 is 10.0 Å². The zero-order valence-corrected chi connectivity index (χ0v) is 12.4. The first-order valence-corrected chi connectivity index (χ1v) is 8.11. The summed E-state index contributed by atoms with van der Waals surface area (Å²) >= 11 is 5.77. The summed E-state index contributed by atoms with van der Waals surface area (Å²) in [5, 5.41) is 6.63. The van der Waals surface area contributed by atoms with Gasteiger partial charge in [0, 0.05) is 25.5 Å². The molecule has 3 rings (SSSR count). The molecule has 0 atom stereocenters. The molecule has 0 unspecified atom stereocenters. The number of alkyl halides is 1. The van der Waals surface area contributed by atoms with Crippen LogP contribution in [0.4, 0.5) is 0 Å². The molecule has 1 aliphatic heterocycles. The monoisotopic (exact) mass is 315 g/mol. The molecule has 1 aliphatic rings. The summed E-state index contributed by atoms with van der Waals surface area (Å²) < 4.78 is 28.9. The maximum Gasteiger partial charge on any atom is 0.247 e. The molecular formula is C11H14ClN5O2S. The van der Waals surface area contributed by atoms with Gasteiger partial charge in [-0.25, -0.2) is 13.4 Å². The van der Waals surface area contributed by atoms with Crippen molar-refractivity contribution in [1.82, 2.24) is 24.1 Å². The Morgan fingerprint density at radius 3 is 3.00 bits per heavy atom. The highest BCUT2D eigenvalue weighted by Crippen LogP contribution is 2.26. The number of H-pyrrole nitrogens is 1. The first kappa shape index (κ1) is 13.6. The van der Waals surface area contributed by atoms with E-state index in [1.807, 2.05) is 10.8 Å². The van der Waals surface area contributed by atoms with Crippen molar-refractivity contribution in [3.8, 4) is 0 Å². The van der Waals surface area contributed by atoms with Crippen molar-refractivity contribution >= 4 is 21.6 Å². The lowest BCUT2D eigenvalue weighted by molar-refractivity contribution is 0.335. The second kappa shape index (κ2) is 4.87. The van der Waals surface area contributed by atoms with Crippen molar-refractivity contribution in [2.45, 2.75) is 30.8 Å². The standard InChI is InChI=1S/C11H14ClN5O2S/c1-8-11(9(6-12)15-14-8)20(18,19)17-5-4-16-3-2-13-10(16)7-17/h2-3H,4-7H2,1H3,(H,14,15). The fourth-order valence-electron chi connectivity index (χ4n) is 2.39. The summed E-state index contributed by atoms with van der Waals surface area (Å²) in [6, 6.07) is 0. The summed E-state index contributed by atoms with van der Waals surface area (Å²) in [4.78, 5) is 4.36. The highest BCUT2D eigenvalue weighted by atomic mass is 35.5. The highest BCUT2D eigenvalue weighted by Gasteiger charge is 2.33. The quantitative estimate of drug-likeness (QED) is 0.851. The number of nitrogens with zero attached hydrogens (tertiary/aromatic N) is 4. The van der Waals surface area contributed by atoms with E-state index in [-0.39, 0.29) is 17.3 Å². The molecule has 0 saturated carbocycles. The van der Waals surface area contributed by atoms with Gasteiger partial charge in [0.1, 0.15) is 10.7 Å². The SMILES string of the molecule is Cc1[nH]nc(CCl)c1S(=O)(=O)N1CCn2ccnc2C1. The van der Waals surface area contributed by atoms with Gasteiger partial charge in [-0.2, -0.15) is 9.40 Å². The van der Waals surface area contributed by atoms with Crippen LogP contribution in [0.3, 0.4) is 0 Å². The molecule has 0 aromatic carbocycles. The Labute approximate surface area is 121 Å². The fourth-order valence-corrected chi connectivity index (χ4v) is 4.37. The molecule has 108 valence electrons. The van der Waals surface area contributed by atoms with E-state index in [9.17, 15) is 8.42 Å². The van der Waals surface area contributed by atoms with Gasteiger partial charge in [0.15, 0.2) is 0 Å². The summed E-state index contributed by atoms with van der Waals surface area (Å²) in [5.74, 6) is 0.801. The van der Waals surface area contributed by atoms with Crippen LogP contribution >= 0.6 is 11.6 Å². The van der Waals surface area contributed by atoms with Gasteiger partial charge in [-0.05, 0) is 6.92 Å². The number of nitrogens with one attached hydrogen (secondary N) is 1. The summed E-state index contributed by atoms with van der Waals surface area (Å²) in [7, 11) is -3.61. The predicted octanol–water partition coefficient (Wildman–Crippen LogP) is 0.858. The Morgan fingerprint density at radius 2 is 2.25 bits per heavy atom. The van der Waals surface area contributed by atoms with E-state index in [2.05, 4.69) is 15.2 Å². The third-order valence-electron chi connectivity index (χ3n) is 3.40. The number of hydrogen-bond acceptors (Lipinski definition) is 4. The molecule has 0 amide bonds. The largest absolute Gasteiger partial charge is 0.333 e. The van der Waals surface area contributed by atoms with Crippen LogP contribution in [-0.4, -0.2) is 39.0 Å². The lowest BCUT2D eigenvalue weighted by atomic mass is 10.4. The lowest BCUT2D eigenvalue weighted by Crippen LogP contribution is -2.38. The maximum atomic E-state index is 12.8. The number of fused-ring (bicyclic) bond motifs is 1. The molecule has 20 heavy (non-hydrogen) atoms. The van der Waals surface area contributed by atoms with Gasteiger partial charge in [-0.15, -0.1) is 11.6 Å². The Balaban J connectivity index is 1.99. The zero-order valence-electron chi connectivity index (χ0n) is 10.9. The molecule has 9 heteroatoms. The van der Waals surface area contributed by atoms with E-state index in [1.54, 1.807) is 13.1 Å². The number of aryl methyl sites for hydroxylation is 1. The minimum atomic E-state index is -3.61. The van der Waals surface area contributed by atoms with Gasteiger partial charge in [0.25, 0.3) is 0 Å². The van der Waals surface area contributed by atoms with Crippen molar-refractivity contribution in [2.24, 2.45) is 0 Å². The second-order valence-electron chi connectivity index (χ2n) is 4.63. The third kappa shape index (κ3) is 2.04. The Hall–Kier alpha value is -1.38. The van der Waals surface area contributed by atoms with Gasteiger partial charge in [-0.3, -0.25) is 5.10 Å². The minimum absolute atomic E-state index is 0.0569. The van der Waals surface area contributed by atoms with Crippen LogP contribution in [0.5, 0.6) is 0 Å². The molecule has 0 spiro atoms. The Kier molecular flexibility index (Phi) is 3.31. The Morgan fingerprint density at radius 1 is 1.45 bits per heavy atom. The zero-order chi connectivity index (χ0) is 14.3. The van der Waals surface area contributed by atoms with Crippen LogP contribution in [0.25, 0.3) is 0 Å². The third-order valence-corrected chi connectivity index (χ3v) is 5.70. The van der Waals surface area contributed by atoms with Crippen molar-refractivity contribution in [1.29, 1.82) is 0 Å². The van der Waals surface area contributed by atoms with Gasteiger partial charge in [-0.1, -0.05) is 0 Å². The fraction of sp³-hybridized carbons (Fsp3) is 0.455.